The van der Waals surface area contributed by atoms with Crippen molar-refractivity contribution in [3.8, 4) is 0 Å². The van der Waals surface area contributed by atoms with E-state index in [0.29, 0.717) is 5.69 Å². The van der Waals surface area contributed by atoms with Gasteiger partial charge in [0.05, 0.1) is 10.5 Å². The van der Waals surface area contributed by atoms with E-state index in [0.717, 1.165) is 12.1 Å². The predicted molar refractivity (Wildman–Crippen MR) is 116 cm³/mol. The molecule has 0 amide bonds. The maximum absolute atomic E-state index is 12.8. The van der Waals surface area contributed by atoms with Crippen LogP contribution in [0.25, 0.3) is 0 Å². The summed E-state index contributed by atoms with van der Waals surface area (Å²) in [5.41, 5.74) is -0.234. The van der Waals surface area contributed by atoms with Gasteiger partial charge in [0.25, 0.3) is 10.0 Å². The summed E-state index contributed by atoms with van der Waals surface area (Å²) in [4.78, 5) is -0.0495. The minimum absolute atomic E-state index is 0.00179. The van der Waals surface area contributed by atoms with Gasteiger partial charge in [0.15, 0.2) is 16.1 Å². The van der Waals surface area contributed by atoms with E-state index in [4.69, 9.17) is 23.8 Å². The van der Waals surface area contributed by atoms with Crippen molar-refractivity contribution in [2.24, 2.45) is 0 Å². The quantitative estimate of drug-likeness (QED) is 0.446. The molecule has 0 saturated carbocycles. The second kappa shape index (κ2) is 9.04. The number of rotatable bonds is 5. The van der Waals surface area contributed by atoms with Crippen molar-refractivity contribution in [2.45, 2.75) is 11.1 Å². The van der Waals surface area contributed by atoms with Gasteiger partial charge in [-0.15, -0.1) is 10.2 Å². The summed E-state index contributed by atoms with van der Waals surface area (Å²) in [7, 11) is -3.92. The number of anilines is 3. The largest absolute Gasteiger partial charge is 0.416 e. The van der Waals surface area contributed by atoms with Crippen LogP contribution in [0.1, 0.15) is 5.56 Å². The molecule has 3 aromatic rings. The SMILES string of the molecule is O=S(=O)(Nc1ccc(Cl)nn1)c1ccc(NC(=S)Nc2cccc(C(F)(F)F)c2)cc1. The molecule has 13 heteroatoms. The molecule has 0 spiro atoms. The average Bonchev–Trinajstić information content (AvgIpc) is 2.69. The Hall–Kier alpha value is -2.96. The summed E-state index contributed by atoms with van der Waals surface area (Å²) in [6.07, 6.45) is -4.47. The molecule has 0 aliphatic rings. The van der Waals surface area contributed by atoms with Crippen LogP contribution >= 0.6 is 23.8 Å². The summed E-state index contributed by atoms with van der Waals surface area (Å²) in [5.74, 6) is -0.00179. The number of benzene rings is 2. The van der Waals surface area contributed by atoms with Gasteiger partial charge in [-0.1, -0.05) is 17.7 Å². The van der Waals surface area contributed by atoms with E-state index in [-0.39, 0.29) is 26.7 Å². The number of thiocarbonyl (C=S) groups is 1. The highest BCUT2D eigenvalue weighted by Gasteiger charge is 2.30. The van der Waals surface area contributed by atoms with Crippen molar-refractivity contribution in [1.29, 1.82) is 0 Å². The van der Waals surface area contributed by atoms with Crippen LogP contribution in [0, 0.1) is 0 Å². The van der Waals surface area contributed by atoms with Crippen LogP contribution in [-0.2, 0) is 16.2 Å². The van der Waals surface area contributed by atoms with Crippen molar-refractivity contribution >= 4 is 56.1 Å². The molecular formula is C18H13ClF3N5O2S2. The Bertz CT molecular complexity index is 1190. The topological polar surface area (TPSA) is 96.0 Å². The van der Waals surface area contributed by atoms with Gasteiger partial charge in [-0.3, -0.25) is 4.72 Å². The van der Waals surface area contributed by atoms with Crippen molar-refractivity contribution in [3.63, 3.8) is 0 Å². The summed E-state index contributed by atoms with van der Waals surface area (Å²) < 4.78 is 65.5. The number of sulfonamides is 1. The second-order valence-corrected chi connectivity index (χ2v) is 8.51. The zero-order valence-electron chi connectivity index (χ0n) is 15.3. The molecule has 31 heavy (non-hydrogen) atoms. The molecule has 1 heterocycles. The van der Waals surface area contributed by atoms with Gasteiger partial charge in [-0.05, 0) is 66.8 Å². The molecule has 0 bridgehead atoms. The van der Waals surface area contributed by atoms with E-state index in [9.17, 15) is 21.6 Å². The average molecular weight is 488 g/mol. The molecule has 3 rings (SSSR count). The highest BCUT2D eigenvalue weighted by atomic mass is 35.5. The summed E-state index contributed by atoms with van der Waals surface area (Å²) in [5, 5.41) is 12.7. The van der Waals surface area contributed by atoms with Crippen LogP contribution in [0.15, 0.2) is 65.6 Å². The lowest BCUT2D eigenvalue weighted by Crippen LogP contribution is -2.19. The third kappa shape index (κ3) is 6.26. The lowest BCUT2D eigenvalue weighted by Gasteiger charge is -2.13. The molecule has 0 saturated heterocycles. The summed E-state index contributed by atoms with van der Waals surface area (Å²) >= 11 is 10.7. The zero-order chi connectivity index (χ0) is 22.6. The molecule has 0 radical (unpaired) electrons. The minimum atomic E-state index is -4.47. The van der Waals surface area contributed by atoms with E-state index >= 15 is 0 Å². The third-order valence-electron chi connectivity index (χ3n) is 3.74. The molecule has 2 aromatic carbocycles. The molecule has 162 valence electrons. The predicted octanol–water partition coefficient (Wildman–Crippen LogP) is 4.76. The molecule has 0 unspecified atom stereocenters. The molecule has 7 nitrogen and oxygen atoms in total. The van der Waals surface area contributed by atoms with Gasteiger partial charge in [-0.25, -0.2) is 8.42 Å². The Morgan fingerprint density at radius 2 is 1.61 bits per heavy atom. The fourth-order valence-electron chi connectivity index (χ4n) is 2.35. The van der Waals surface area contributed by atoms with Crippen molar-refractivity contribution < 1.29 is 21.6 Å². The molecule has 1 aromatic heterocycles. The minimum Gasteiger partial charge on any atom is -0.332 e. The third-order valence-corrected chi connectivity index (χ3v) is 5.52. The maximum Gasteiger partial charge on any atom is 0.416 e. The maximum atomic E-state index is 12.8. The summed E-state index contributed by atoms with van der Waals surface area (Å²) in [6, 6.07) is 12.8. The van der Waals surface area contributed by atoms with Gasteiger partial charge in [0.1, 0.15) is 0 Å². The first kappa shape index (κ1) is 22.7. The monoisotopic (exact) mass is 487 g/mol. The lowest BCUT2D eigenvalue weighted by atomic mass is 10.2. The first-order chi connectivity index (χ1) is 14.5. The van der Waals surface area contributed by atoms with Crippen LogP contribution in [0.2, 0.25) is 5.15 Å². The highest BCUT2D eigenvalue weighted by molar-refractivity contribution is 7.92. The first-order valence-corrected chi connectivity index (χ1v) is 10.7. The van der Waals surface area contributed by atoms with Gasteiger partial charge in [0, 0.05) is 11.4 Å². The highest BCUT2D eigenvalue weighted by Crippen LogP contribution is 2.30. The molecule has 0 fully saturated rings. The Kier molecular flexibility index (Phi) is 6.62. The Morgan fingerprint density at radius 1 is 0.935 bits per heavy atom. The fraction of sp³-hybridized carbons (Fsp3) is 0.0556. The molecule has 0 aliphatic heterocycles. The molecular weight excluding hydrogens is 475 g/mol. The number of alkyl halides is 3. The van der Waals surface area contributed by atoms with Crippen molar-refractivity contribution in [3.05, 3.63) is 71.4 Å². The normalized spacial score (nSPS) is 11.6. The van der Waals surface area contributed by atoms with Crippen molar-refractivity contribution in [1.82, 2.24) is 10.2 Å². The zero-order valence-corrected chi connectivity index (χ0v) is 17.7. The van der Waals surface area contributed by atoms with Gasteiger partial charge < -0.3 is 10.6 Å². The van der Waals surface area contributed by atoms with Crippen LogP contribution in [0.3, 0.4) is 0 Å². The van der Waals surface area contributed by atoms with Gasteiger partial charge in [-0.2, -0.15) is 13.2 Å². The molecule has 3 N–H and O–H groups in total. The fourth-order valence-corrected chi connectivity index (χ4v) is 3.68. The van der Waals surface area contributed by atoms with Crippen LogP contribution in [-0.4, -0.2) is 23.7 Å². The number of nitrogens with zero attached hydrogens (tertiary/aromatic N) is 2. The van der Waals surface area contributed by atoms with Crippen LogP contribution in [0.5, 0.6) is 0 Å². The van der Waals surface area contributed by atoms with Crippen LogP contribution in [0.4, 0.5) is 30.4 Å². The van der Waals surface area contributed by atoms with E-state index in [1.165, 1.54) is 48.5 Å². The summed E-state index contributed by atoms with van der Waals surface area (Å²) in [6.45, 7) is 0. The number of halogens is 4. The molecule has 0 atom stereocenters. The molecule has 0 aliphatic carbocycles. The Balaban J connectivity index is 1.65. The standard InChI is InChI=1S/C18H13ClF3N5O2S2/c19-15-8-9-16(26-25-15)27-31(28,29)14-6-4-12(5-7-14)23-17(30)24-13-3-1-2-11(10-13)18(20,21)22/h1-10H,(H,26,27)(H2,23,24,30). The first-order valence-electron chi connectivity index (χ1n) is 8.40. The van der Waals surface area contributed by atoms with E-state index < -0.39 is 21.8 Å². The number of aromatic nitrogens is 2. The number of hydrogen-bond acceptors (Lipinski definition) is 5. The number of nitrogens with one attached hydrogen (secondary N) is 3. The van der Waals surface area contributed by atoms with E-state index in [1.54, 1.807) is 0 Å². The van der Waals surface area contributed by atoms with Crippen molar-refractivity contribution in [2.75, 3.05) is 15.4 Å². The van der Waals surface area contributed by atoms with E-state index in [1.807, 2.05) is 0 Å². The Labute approximate surface area is 185 Å². The smallest absolute Gasteiger partial charge is 0.332 e. The van der Waals surface area contributed by atoms with Gasteiger partial charge in [0.2, 0.25) is 0 Å². The Morgan fingerprint density at radius 3 is 2.23 bits per heavy atom. The second-order valence-electron chi connectivity index (χ2n) is 6.03. The van der Waals surface area contributed by atoms with E-state index in [2.05, 4.69) is 25.6 Å². The number of hydrogen-bond donors (Lipinski definition) is 3. The lowest BCUT2D eigenvalue weighted by molar-refractivity contribution is -0.137. The van der Waals surface area contributed by atoms with Crippen LogP contribution < -0.4 is 15.4 Å². The van der Waals surface area contributed by atoms with Gasteiger partial charge >= 0.3 is 6.18 Å².